The SMILES string of the molecule is CCCCCCCC(C)OC(=O)Oc1ccccc1. The lowest BCUT2D eigenvalue weighted by molar-refractivity contribution is 0.0613. The molecule has 0 aliphatic rings. The van der Waals surface area contributed by atoms with E-state index in [1.54, 1.807) is 12.1 Å². The van der Waals surface area contributed by atoms with E-state index in [4.69, 9.17) is 9.47 Å². The molecule has 0 radical (unpaired) electrons. The first-order chi connectivity index (χ1) is 9.22. The minimum atomic E-state index is -0.618. The Morgan fingerprint density at radius 3 is 2.47 bits per heavy atom. The third-order valence-electron chi connectivity index (χ3n) is 2.96. The van der Waals surface area contributed by atoms with E-state index in [2.05, 4.69) is 6.92 Å². The van der Waals surface area contributed by atoms with Crippen LogP contribution in [-0.4, -0.2) is 12.3 Å². The van der Waals surface area contributed by atoms with Crippen LogP contribution in [0.5, 0.6) is 5.75 Å². The lowest BCUT2D eigenvalue weighted by Gasteiger charge is -2.12. The van der Waals surface area contributed by atoms with Crippen LogP contribution >= 0.6 is 0 Å². The number of rotatable bonds is 8. The topological polar surface area (TPSA) is 35.5 Å². The smallest absolute Gasteiger partial charge is 0.431 e. The van der Waals surface area contributed by atoms with E-state index >= 15 is 0 Å². The average Bonchev–Trinajstić information content (AvgIpc) is 2.39. The molecule has 0 spiro atoms. The van der Waals surface area contributed by atoms with Crippen molar-refractivity contribution in [3.63, 3.8) is 0 Å². The summed E-state index contributed by atoms with van der Waals surface area (Å²) in [5.41, 5.74) is 0. The number of para-hydroxylation sites is 1. The Morgan fingerprint density at radius 2 is 1.79 bits per heavy atom. The van der Waals surface area contributed by atoms with Crippen LogP contribution in [0.15, 0.2) is 30.3 Å². The summed E-state index contributed by atoms with van der Waals surface area (Å²) in [6.07, 6.45) is 6.28. The molecule has 1 rings (SSSR count). The molecule has 19 heavy (non-hydrogen) atoms. The lowest BCUT2D eigenvalue weighted by Crippen LogP contribution is -2.18. The monoisotopic (exact) mass is 264 g/mol. The summed E-state index contributed by atoms with van der Waals surface area (Å²) in [5, 5.41) is 0. The van der Waals surface area contributed by atoms with E-state index in [0.717, 1.165) is 12.8 Å². The van der Waals surface area contributed by atoms with Crippen LogP contribution in [0.3, 0.4) is 0 Å². The van der Waals surface area contributed by atoms with Gasteiger partial charge in [-0.3, -0.25) is 0 Å². The highest BCUT2D eigenvalue weighted by Crippen LogP contribution is 2.12. The van der Waals surface area contributed by atoms with Gasteiger partial charge in [-0.2, -0.15) is 0 Å². The number of carbonyl (C=O) groups excluding carboxylic acids is 1. The van der Waals surface area contributed by atoms with E-state index in [-0.39, 0.29) is 6.10 Å². The molecule has 0 aromatic heterocycles. The second-order valence-electron chi connectivity index (χ2n) is 4.80. The van der Waals surface area contributed by atoms with Gasteiger partial charge in [0.2, 0.25) is 0 Å². The quantitative estimate of drug-likeness (QED) is 0.378. The molecule has 3 nitrogen and oxygen atoms in total. The molecule has 0 heterocycles. The fourth-order valence-electron chi connectivity index (χ4n) is 1.87. The van der Waals surface area contributed by atoms with Gasteiger partial charge in [-0.25, -0.2) is 4.79 Å². The molecular weight excluding hydrogens is 240 g/mol. The number of hydrogen-bond acceptors (Lipinski definition) is 3. The average molecular weight is 264 g/mol. The minimum Gasteiger partial charge on any atom is -0.431 e. The molecular formula is C16H24O3. The minimum absolute atomic E-state index is 0.0853. The Labute approximate surface area is 115 Å². The molecule has 0 bridgehead atoms. The second-order valence-corrected chi connectivity index (χ2v) is 4.80. The Bertz CT molecular complexity index is 348. The summed E-state index contributed by atoms with van der Waals surface area (Å²) in [6.45, 7) is 4.11. The van der Waals surface area contributed by atoms with Crippen molar-refractivity contribution < 1.29 is 14.3 Å². The fraction of sp³-hybridized carbons (Fsp3) is 0.562. The van der Waals surface area contributed by atoms with Crippen LogP contribution in [0.4, 0.5) is 4.79 Å². The van der Waals surface area contributed by atoms with Gasteiger partial charge in [-0.15, -0.1) is 0 Å². The van der Waals surface area contributed by atoms with Crippen LogP contribution in [0.25, 0.3) is 0 Å². The molecule has 3 heteroatoms. The van der Waals surface area contributed by atoms with Crippen LogP contribution in [0, 0.1) is 0 Å². The Kier molecular flexibility index (Phi) is 7.71. The summed E-state index contributed by atoms with van der Waals surface area (Å²) in [5.74, 6) is 0.516. The Balaban J connectivity index is 2.14. The molecule has 1 aromatic carbocycles. The predicted molar refractivity (Wildman–Crippen MR) is 76.4 cm³/mol. The Morgan fingerprint density at radius 1 is 1.11 bits per heavy atom. The number of unbranched alkanes of at least 4 members (excludes halogenated alkanes) is 4. The molecule has 0 N–H and O–H groups in total. The standard InChI is InChI=1S/C16H24O3/c1-3-4-5-6-8-11-14(2)18-16(17)19-15-12-9-7-10-13-15/h7,9-10,12-14H,3-6,8,11H2,1-2H3. The first kappa shape index (κ1) is 15.5. The summed E-state index contributed by atoms with van der Waals surface area (Å²) >= 11 is 0. The van der Waals surface area contributed by atoms with Gasteiger partial charge in [0, 0.05) is 0 Å². The van der Waals surface area contributed by atoms with Gasteiger partial charge in [0.25, 0.3) is 0 Å². The molecule has 0 aliphatic carbocycles. The highest BCUT2D eigenvalue weighted by atomic mass is 16.7. The van der Waals surface area contributed by atoms with Crippen molar-refractivity contribution in [2.75, 3.05) is 0 Å². The third-order valence-corrected chi connectivity index (χ3v) is 2.96. The second kappa shape index (κ2) is 9.42. The van der Waals surface area contributed by atoms with Crippen LogP contribution < -0.4 is 4.74 Å². The van der Waals surface area contributed by atoms with Gasteiger partial charge in [-0.1, -0.05) is 50.8 Å². The molecule has 1 atom stereocenters. The van der Waals surface area contributed by atoms with Crippen molar-refractivity contribution >= 4 is 6.16 Å². The number of ether oxygens (including phenoxy) is 2. The highest BCUT2D eigenvalue weighted by Gasteiger charge is 2.11. The van der Waals surface area contributed by atoms with Gasteiger partial charge < -0.3 is 9.47 Å². The summed E-state index contributed by atoms with van der Waals surface area (Å²) < 4.78 is 10.3. The van der Waals surface area contributed by atoms with Gasteiger partial charge in [0.05, 0.1) is 0 Å². The summed E-state index contributed by atoms with van der Waals surface area (Å²) in [7, 11) is 0. The number of benzene rings is 1. The van der Waals surface area contributed by atoms with Gasteiger partial charge in [-0.05, 0) is 31.9 Å². The zero-order valence-corrected chi connectivity index (χ0v) is 11.9. The molecule has 1 aromatic rings. The summed E-state index contributed by atoms with van der Waals surface area (Å²) in [4.78, 5) is 11.5. The maximum atomic E-state index is 11.5. The van der Waals surface area contributed by atoms with Crippen molar-refractivity contribution in [1.29, 1.82) is 0 Å². The maximum Gasteiger partial charge on any atom is 0.514 e. The molecule has 0 fully saturated rings. The van der Waals surface area contributed by atoms with Crippen molar-refractivity contribution in [1.82, 2.24) is 0 Å². The van der Waals surface area contributed by atoms with E-state index < -0.39 is 6.16 Å². The van der Waals surface area contributed by atoms with E-state index in [1.807, 2.05) is 25.1 Å². The van der Waals surface area contributed by atoms with Crippen molar-refractivity contribution in [3.05, 3.63) is 30.3 Å². The fourth-order valence-corrected chi connectivity index (χ4v) is 1.87. The molecule has 0 aliphatic heterocycles. The summed E-state index contributed by atoms with van der Waals surface area (Å²) in [6, 6.07) is 8.98. The lowest BCUT2D eigenvalue weighted by atomic mass is 10.1. The first-order valence-electron chi connectivity index (χ1n) is 7.16. The maximum absolute atomic E-state index is 11.5. The largest absolute Gasteiger partial charge is 0.514 e. The van der Waals surface area contributed by atoms with Crippen molar-refractivity contribution in [2.45, 2.75) is 58.5 Å². The van der Waals surface area contributed by atoms with Crippen LogP contribution in [-0.2, 0) is 4.74 Å². The number of hydrogen-bond donors (Lipinski definition) is 0. The molecule has 0 saturated carbocycles. The van der Waals surface area contributed by atoms with E-state index in [9.17, 15) is 4.79 Å². The molecule has 0 amide bonds. The van der Waals surface area contributed by atoms with Crippen molar-refractivity contribution in [2.24, 2.45) is 0 Å². The molecule has 106 valence electrons. The van der Waals surface area contributed by atoms with E-state index in [0.29, 0.717) is 5.75 Å². The third kappa shape index (κ3) is 7.50. The van der Waals surface area contributed by atoms with Gasteiger partial charge >= 0.3 is 6.16 Å². The number of carbonyl (C=O) groups is 1. The zero-order valence-electron chi connectivity index (χ0n) is 11.9. The van der Waals surface area contributed by atoms with Gasteiger partial charge in [0.15, 0.2) is 0 Å². The molecule has 0 saturated heterocycles. The van der Waals surface area contributed by atoms with E-state index in [1.165, 1.54) is 25.7 Å². The van der Waals surface area contributed by atoms with Crippen molar-refractivity contribution in [3.8, 4) is 5.75 Å². The Hall–Kier alpha value is -1.51. The van der Waals surface area contributed by atoms with Crippen LogP contribution in [0.2, 0.25) is 0 Å². The first-order valence-corrected chi connectivity index (χ1v) is 7.16. The predicted octanol–water partition coefficient (Wildman–Crippen LogP) is 4.95. The zero-order chi connectivity index (χ0) is 13.9. The highest BCUT2D eigenvalue weighted by molar-refractivity contribution is 5.63. The normalized spacial score (nSPS) is 11.9. The van der Waals surface area contributed by atoms with Crippen LogP contribution in [0.1, 0.15) is 52.4 Å². The van der Waals surface area contributed by atoms with Gasteiger partial charge in [0.1, 0.15) is 11.9 Å². The molecule has 1 unspecified atom stereocenters.